The van der Waals surface area contributed by atoms with E-state index < -0.39 is 0 Å². The van der Waals surface area contributed by atoms with Gasteiger partial charge in [-0.05, 0) is 25.5 Å². The second kappa shape index (κ2) is 8.43. The van der Waals surface area contributed by atoms with E-state index in [4.69, 9.17) is 9.47 Å². The predicted octanol–water partition coefficient (Wildman–Crippen LogP) is 2.42. The van der Waals surface area contributed by atoms with Gasteiger partial charge in [-0.1, -0.05) is 13.3 Å². The third kappa shape index (κ3) is 5.09. The van der Waals surface area contributed by atoms with Crippen LogP contribution in [0.4, 0.5) is 5.69 Å². The van der Waals surface area contributed by atoms with Crippen molar-refractivity contribution in [2.24, 2.45) is 0 Å². The summed E-state index contributed by atoms with van der Waals surface area (Å²) in [4.78, 5) is 11.9. The van der Waals surface area contributed by atoms with E-state index in [-0.39, 0.29) is 12.5 Å². The Labute approximate surface area is 120 Å². The molecule has 1 aromatic carbocycles. The number of ether oxygens (including phenoxy) is 2. The summed E-state index contributed by atoms with van der Waals surface area (Å²) in [6.07, 6.45) is 2.15. The first-order chi connectivity index (χ1) is 9.60. The van der Waals surface area contributed by atoms with Crippen molar-refractivity contribution in [3.05, 3.63) is 18.2 Å². The summed E-state index contributed by atoms with van der Waals surface area (Å²) >= 11 is 0. The Balaban J connectivity index is 2.60. The smallest absolute Gasteiger partial charge is 0.238 e. The van der Waals surface area contributed by atoms with Crippen molar-refractivity contribution in [2.75, 3.05) is 26.1 Å². The van der Waals surface area contributed by atoms with Crippen molar-refractivity contribution in [3.63, 3.8) is 0 Å². The molecule has 0 fully saturated rings. The van der Waals surface area contributed by atoms with E-state index >= 15 is 0 Å². The van der Waals surface area contributed by atoms with Crippen LogP contribution in [0.15, 0.2) is 18.2 Å². The molecule has 1 aromatic rings. The second-order valence-corrected chi connectivity index (χ2v) is 4.69. The Hall–Kier alpha value is -1.75. The van der Waals surface area contributed by atoms with Crippen LogP contribution in [-0.2, 0) is 4.79 Å². The lowest BCUT2D eigenvalue weighted by atomic mass is 10.2. The van der Waals surface area contributed by atoms with Gasteiger partial charge in [0.05, 0.1) is 26.5 Å². The van der Waals surface area contributed by atoms with Gasteiger partial charge in [0.2, 0.25) is 5.91 Å². The van der Waals surface area contributed by atoms with Crippen molar-refractivity contribution in [2.45, 2.75) is 32.7 Å². The number of benzene rings is 1. The minimum atomic E-state index is -0.0977. The van der Waals surface area contributed by atoms with Gasteiger partial charge >= 0.3 is 0 Å². The Kier molecular flexibility index (Phi) is 6.87. The van der Waals surface area contributed by atoms with Crippen LogP contribution in [-0.4, -0.2) is 32.7 Å². The molecular weight excluding hydrogens is 256 g/mol. The molecule has 2 N–H and O–H groups in total. The van der Waals surface area contributed by atoms with Crippen LogP contribution in [0, 0.1) is 0 Å². The molecule has 20 heavy (non-hydrogen) atoms. The molecular formula is C15H24N2O3. The van der Waals surface area contributed by atoms with Crippen molar-refractivity contribution in [1.82, 2.24) is 5.32 Å². The largest absolute Gasteiger partial charge is 0.497 e. The van der Waals surface area contributed by atoms with Gasteiger partial charge in [0.15, 0.2) is 0 Å². The fourth-order valence-corrected chi connectivity index (χ4v) is 1.91. The molecule has 1 amide bonds. The van der Waals surface area contributed by atoms with Gasteiger partial charge in [-0.25, -0.2) is 0 Å². The molecule has 112 valence electrons. The highest BCUT2D eigenvalue weighted by atomic mass is 16.5. The Morgan fingerprint density at radius 3 is 2.65 bits per heavy atom. The van der Waals surface area contributed by atoms with Gasteiger partial charge in [-0.3, -0.25) is 4.79 Å². The number of rotatable bonds is 8. The molecule has 0 saturated heterocycles. The number of carbonyl (C=O) groups excluding carboxylic acids is 1. The normalized spacial score (nSPS) is 11.8. The molecule has 0 unspecified atom stereocenters. The van der Waals surface area contributed by atoms with E-state index in [1.807, 2.05) is 0 Å². The number of anilines is 1. The number of hydrogen-bond donors (Lipinski definition) is 2. The van der Waals surface area contributed by atoms with Gasteiger partial charge in [-0.15, -0.1) is 0 Å². The van der Waals surface area contributed by atoms with E-state index in [2.05, 4.69) is 24.5 Å². The molecule has 0 bridgehead atoms. The lowest BCUT2D eigenvalue weighted by Crippen LogP contribution is -2.34. The summed E-state index contributed by atoms with van der Waals surface area (Å²) in [6.45, 7) is 4.48. The molecule has 5 nitrogen and oxygen atoms in total. The zero-order valence-electron chi connectivity index (χ0n) is 12.7. The van der Waals surface area contributed by atoms with Crippen LogP contribution in [0.25, 0.3) is 0 Å². The predicted molar refractivity (Wildman–Crippen MR) is 80.5 cm³/mol. The van der Waals surface area contributed by atoms with Crippen LogP contribution in [0.2, 0.25) is 0 Å². The summed E-state index contributed by atoms with van der Waals surface area (Å²) in [7, 11) is 3.15. The van der Waals surface area contributed by atoms with Crippen molar-refractivity contribution < 1.29 is 14.3 Å². The summed E-state index contributed by atoms with van der Waals surface area (Å²) in [5.41, 5.74) is 0.613. The van der Waals surface area contributed by atoms with E-state index in [0.29, 0.717) is 23.2 Å². The van der Waals surface area contributed by atoms with E-state index in [1.165, 1.54) is 0 Å². The average molecular weight is 280 g/mol. The van der Waals surface area contributed by atoms with Crippen LogP contribution in [0.3, 0.4) is 0 Å². The summed E-state index contributed by atoms with van der Waals surface area (Å²) in [5.74, 6) is 1.19. The maximum Gasteiger partial charge on any atom is 0.238 e. The number of methoxy groups -OCH3 is 2. The highest BCUT2D eigenvalue weighted by Gasteiger charge is 2.10. The van der Waals surface area contributed by atoms with E-state index in [0.717, 1.165) is 12.8 Å². The molecule has 0 aromatic heterocycles. The fraction of sp³-hybridized carbons (Fsp3) is 0.533. The molecule has 0 spiro atoms. The minimum absolute atomic E-state index is 0.0977. The molecule has 0 aliphatic rings. The van der Waals surface area contributed by atoms with Crippen LogP contribution in [0.1, 0.15) is 26.7 Å². The quantitative estimate of drug-likeness (QED) is 0.768. The molecule has 0 heterocycles. The Bertz CT molecular complexity index is 435. The number of hydrogen-bond acceptors (Lipinski definition) is 4. The minimum Gasteiger partial charge on any atom is -0.497 e. The molecule has 1 atom stereocenters. The molecule has 0 aliphatic heterocycles. The monoisotopic (exact) mass is 280 g/mol. The molecule has 0 saturated carbocycles. The number of nitrogens with one attached hydrogen (secondary N) is 2. The van der Waals surface area contributed by atoms with E-state index in [9.17, 15) is 4.79 Å². The topological polar surface area (TPSA) is 59.6 Å². The first-order valence-corrected chi connectivity index (χ1v) is 6.86. The molecule has 5 heteroatoms. The lowest BCUT2D eigenvalue weighted by Gasteiger charge is -2.14. The maximum atomic E-state index is 11.9. The molecule has 0 aliphatic carbocycles. The van der Waals surface area contributed by atoms with Crippen molar-refractivity contribution in [3.8, 4) is 11.5 Å². The Morgan fingerprint density at radius 1 is 1.30 bits per heavy atom. The lowest BCUT2D eigenvalue weighted by molar-refractivity contribution is -0.115. The van der Waals surface area contributed by atoms with Gasteiger partial charge in [0, 0.05) is 12.1 Å². The van der Waals surface area contributed by atoms with Crippen LogP contribution >= 0.6 is 0 Å². The average Bonchev–Trinajstić information content (AvgIpc) is 2.45. The van der Waals surface area contributed by atoms with E-state index in [1.54, 1.807) is 32.4 Å². The molecule has 1 rings (SSSR count). The number of carbonyl (C=O) groups is 1. The standard InChI is InChI=1S/C15H24N2O3/c1-5-6-11(2)16-10-15(18)17-13-9-12(19-3)7-8-14(13)20-4/h7-9,11,16H,5-6,10H2,1-4H3,(H,17,18)/t11-/m1/s1. The third-order valence-corrected chi connectivity index (χ3v) is 3.01. The highest BCUT2D eigenvalue weighted by molar-refractivity contribution is 5.94. The Morgan fingerprint density at radius 2 is 2.05 bits per heavy atom. The summed E-state index contributed by atoms with van der Waals surface area (Å²) < 4.78 is 10.4. The SMILES string of the molecule is CCC[C@@H](C)NCC(=O)Nc1cc(OC)ccc1OC. The van der Waals surface area contributed by atoms with Gasteiger partial charge in [0.25, 0.3) is 0 Å². The van der Waals surface area contributed by atoms with Crippen molar-refractivity contribution >= 4 is 11.6 Å². The molecule has 0 radical (unpaired) electrons. The van der Waals surface area contributed by atoms with Crippen molar-refractivity contribution in [1.29, 1.82) is 0 Å². The second-order valence-electron chi connectivity index (χ2n) is 4.69. The van der Waals surface area contributed by atoms with Gasteiger partial charge in [-0.2, -0.15) is 0 Å². The summed E-state index contributed by atoms with van der Waals surface area (Å²) in [6, 6.07) is 5.63. The number of amides is 1. The highest BCUT2D eigenvalue weighted by Crippen LogP contribution is 2.28. The van der Waals surface area contributed by atoms with Crippen LogP contribution in [0.5, 0.6) is 11.5 Å². The van der Waals surface area contributed by atoms with Crippen LogP contribution < -0.4 is 20.1 Å². The van der Waals surface area contributed by atoms with Gasteiger partial charge < -0.3 is 20.1 Å². The summed E-state index contributed by atoms with van der Waals surface area (Å²) in [5, 5.41) is 6.01. The zero-order valence-corrected chi connectivity index (χ0v) is 12.7. The zero-order chi connectivity index (χ0) is 15.0. The first kappa shape index (κ1) is 16.3. The first-order valence-electron chi connectivity index (χ1n) is 6.86. The fourth-order valence-electron chi connectivity index (χ4n) is 1.91. The third-order valence-electron chi connectivity index (χ3n) is 3.01. The maximum absolute atomic E-state index is 11.9. The van der Waals surface area contributed by atoms with Gasteiger partial charge in [0.1, 0.15) is 11.5 Å².